The molecule has 0 radical (unpaired) electrons. The van der Waals surface area contributed by atoms with Crippen LogP contribution in [0.4, 0.5) is 18.9 Å². The minimum absolute atomic E-state index is 0.0273. The van der Waals surface area contributed by atoms with Gasteiger partial charge in [0.1, 0.15) is 0 Å². The van der Waals surface area contributed by atoms with Gasteiger partial charge in [-0.15, -0.1) is 0 Å². The van der Waals surface area contributed by atoms with Crippen molar-refractivity contribution >= 4 is 17.4 Å². The van der Waals surface area contributed by atoms with E-state index in [2.05, 4.69) is 27.0 Å². The van der Waals surface area contributed by atoms with Crippen LogP contribution in [-0.4, -0.2) is 31.1 Å². The second kappa shape index (κ2) is 12.4. The normalized spacial score (nSPS) is 15.0. The summed E-state index contributed by atoms with van der Waals surface area (Å²) in [5.41, 5.74) is 1.35. The van der Waals surface area contributed by atoms with E-state index in [1.807, 2.05) is 0 Å². The van der Waals surface area contributed by atoms with Gasteiger partial charge in [0.05, 0.1) is 17.7 Å². The molecule has 4 nitrogen and oxygen atoms in total. The predicted molar refractivity (Wildman–Crippen MR) is 129 cm³/mol. The second-order valence-electron chi connectivity index (χ2n) is 8.23. The number of ether oxygens (including phenoxy) is 1. The van der Waals surface area contributed by atoms with Gasteiger partial charge in [0.2, 0.25) is 0 Å². The molecule has 7 heteroatoms. The fourth-order valence-electron chi connectivity index (χ4n) is 3.83. The number of fused-ring (bicyclic) bond motifs is 1. The summed E-state index contributed by atoms with van der Waals surface area (Å²) in [4.78, 5) is 26.2. The van der Waals surface area contributed by atoms with Gasteiger partial charge in [0.25, 0.3) is 5.78 Å². The molecule has 0 saturated heterocycles. The Morgan fingerprint density at radius 3 is 2.56 bits per heavy atom. The van der Waals surface area contributed by atoms with Gasteiger partial charge in [-0.3, -0.25) is 4.79 Å². The average molecular weight is 476 g/mol. The summed E-state index contributed by atoms with van der Waals surface area (Å²) in [5, 5.41) is 0. The van der Waals surface area contributed by atoms with Gasteiger partial charge in [-0.05, 0) is 48.1 Å². The Kier molecular flexibility index (Phi) is 9.90. The van der Waals surface area contributed by atoms with E-state index in [0.717, 1.165) is 31.2 Å². The monoisotopic (exact) mass is 475 g/mol. The van der Waals surface area contributed by atoms with Crippen LogP contribution in [0, 0.1) is 5.92 Å². The number of ketones is 1. The van der Waals surface area contributed by atoms with Crippen molar-refractivity contribution in [3.8, 4) is 0 Å². The van der Waals surface area contributed by atoms with Crippen molar-refractivity contribution in [2.24, 2.45) is 5.92 Å². The molecule has 0 bridgehead atoms. The lowest BCUT2D eigenvalue weighted by Gasteiger charge is -2.18. The van der Waals surface area contributed by atoms with E-state index in [4.69, 9.17) is 4.74 Å². The highest BCUT2D eigenvalue weighted by Gasteiger charge is 2.41. The molecule has 2 rings (SSSR count). The minimum Gasteiger partial charge on any atom is -0.462 e. The number of nitrogens with zero attached hydrogens (tertiary/aromatic N) is 1. The standard InChI is InChI=1S/C27H32F3NO3/c1-5-9-11-19(7-3)18-34-26(33)22-12-13-24-21(16-22)14-15-31(24)17-23(20(8-4)10-6-2)25(32)27(28,29)30/h6,8,10,12-13,16-17,19H,2,4-5,7,9,11,14-15,18H2,1,3H3/b20-10+,23-17-. The number of halogens is 3. The van der Waals surface area contributed by atoms with Gasteiger partial charge in [0.15, 0.2) is 0 Å². The summed E-state index contributed by atoms with van der Waals surface area (Å²) < 4.78 is 45.2. The lowest BCUT2D eigenvalue weighted by molar-refractivity contribution is -0.166. The van der Waals surface area contributed by atoms with Crippen LogP contribution in [0.3, 0.4) is 0 Å². The maximum atomic E-state index is 13.2. The smallest absolute Gasteiger partial charge is 0.454 e. The fourth-order valence-corrected chi connectivity index (χ4v) is 3.83. The third kappa shape index (κ3) is 6.95. The third-order valence-electron chi connectivity index (χ3n) is 5.86. The molecule has 1 unspecified atom stereocenters. The SMILES string of the molecule is C=C/C=C(C=C)/C(=C/N1CCc2cc(C(=O)OCC(CC)CCCC)ccc21)C(=O)C(F)(F)F. The van der Waals surface area contributed by atoms with E-state index >= 15 is 0 Å². The Bertz CT molecular complexity index is 976. The van der Waals surface area contributed by atoms with Crippen molar-refractivity contribution < 1.29 is 27.5 Å². The molecule has 0 fully saturated rings. The molecule has 1 atom stereocenters. The average Bonchev–Trinajstić information content (AvgIpc) is 3.22. The predicted octanol–water partition coefficient (Wildman–Crippen LogP) is 6.74. The summed E-state index contributed by atoms with van der Waals surface area (Å²) in [5.74, 6) is -2.04. The van der Waals surface area contributed by atoms with Crippen LogP contribution in [0.25, 0.3) is 0 Å². The number of allylic oxidation sites excluding steroid dienone is 5. The molecule has 0 spiro atoms. The zero-order valence-corrected chi connectivity index (χ0v) is 19.8. The highest BCUT2D eigenvalue weighted by atomic mass is 19.4. The molecule has 1 aliphatic heterocycles. The minimum atomic E-state index is -5.03. The number of hydrogen-bond acceptors (Lipinski definition) is 4. The lowest BCUT2D eigenvalue weighted by Crippen LogP contribution is -2.27. The number of Topliss-reactive ketones (excluding diaryl/α,β-unsaturated/α-hetero) is 1. The molecule has 184 valence electrons. The quantitative estimate of drug-likeness (QED) is 0.191. The topological polar surface area (TPSA) is 46.6 Å². The molecule has 1 aromatic carbocycles. The highest BCUT2D eigenvalue weighted by molar-refractivity contribution is 6.04. The molecule has 0 aromatic heterocycles. The van der Waals surface area contributed by atoms with E-state index in [1.165, 1.54) is 24.4 Å². The number of alkyl halides is 3. The van der Waals surface area contributed by atoms with Gasteiger partial charge < -0.3 is 9.64 Å². The fraction of sp³-hybridized carbons (Fsp3) is 0.407. The van der Waals surface area contributed by atoms with Crippen LogP contribution in [0.1, 0.15) is 55.5 Å². The molecule has 0 aliphatic carbocycles. The van der Waals surface area contributed by atoms with Crippen molar-refractivity contribution in [3.05, 3.63) is 78.1 Å². The van der Waals surface area contributed by atoms with Crippen molar-refractivity contribution in [2.45, 2.75) is 52.1 Å². The Hall–Kier alpha value is -3.09. The van der Waals surface area contributed by atoms with Crippen molar-refractivity contribution in [3.63, 3.8) is 0 Å². The van der Waals surface area contributed by atoms with Crippen LogP contribution in [0.5, 0.6) is 0 Å². The van der Waals surface area contributed by atoms with Crippen LogP contribution < -0.4 is 4.90 Å². The first-order chi connectivity index (χ1) is 16.2. The van der Waals surface area contributed by atoms with Gasteiger partial charge in [0, 0.05) is 18.4 Å². The van der Waals surface area contributed by atoms with E-state index < -0.39 is 23.5 Å². The Labute approximate surface area is 199 Å². The largest absolute Gasteiger partial charge is 0.462 e. The molecule has 1 heterocycles. The maximum Gasteiger partial charge on any atom is 0.454 e. The number of carbonyl (C=O) groups is 2. The molecule has 0 N–H and O–H groups in total. The van der Waals surface area contributed by atoms with Crippen LogP contribution in [-0.2, 0) is 16.0 Å². The zero-order chi connectivity index (χ0) is 25.3. The van der Waals surface area contributed by atoms with Gasteiger partial charge in [-0.2, -0.15) is 13.2 Å². The number of esters is 1. The van der Waals surface area contributed by atoms with Crippen LogP contribution >= 0.6 is 0 Å². The van der Waals surface area contributed by atoms with Crippen LogP contribution in [0.2, 0.25) is 0 Å². The molecule has 0 amide bonds. The van der Waals surface area contributed by atoms with Crippen molar-refractivity contribution in [1.29, 1.82) is 0 Å². The summed E-state index contributed by atoms with van der Waals surface area (Å²) in [6.07, 6.45) is 4.61. The van der Waals surface area contributed by atoms with Crippen molar-refractivity contribution in [2.75, 3.05) is 18.1 Å². The molecule has 1 aromatic rings. The van der Waals surface area contributed by atoms with Gasteiger partial charge in [-0.1, -0.05) is 64.5 Å². The molecule has 0 saturated carbocycles. The van der Waals surface area contributed by atoms with Crippen molar-refractivity contribution in [1.82, 2.24) is 0 Å². The summed E-state index contributed by atoms with van der Waals surface area (Å²) in [7, 11) is 0. The second-order valence-corrected chi connectivity index (χ2v) is 8.23. The molecular weight excluding hydrogens is 443 g/mol. The Morgan fingerprint density at radius 2 is 1.97 bits per heavy atom. The first-order valence-electron chi connectivity index (χ1n) is 11.5. The Morgan fingerprint density at radius 1 is 1.24 bits per heavy atom. The number of unbranched alkanes of at least 4 members (excludes halogenated alkanes) is 1. The van der Waals surface area contributed by atoms with E-state index in [1.54, 1.807) is 23.1 Å². The van der Waals surface area contributed by atoms with E-state index in [0.29, 0.717) is 36.7 Å². The van der Waals surface area contributed by atoms with Gasteiger partial charge in [-0.25, -0.2) is 4.79 Å². The first kappa shape index (κ1) is 27.2. The van der Waals surface area contributed by atoms with E-state index in [9.17, 15) is 22.8 Å². The zero-order valence-electron chi connectivity index (χ0n) is 19.8. The third-order valence-corrected chi connectivity index (χ3v) is 5.86. The molecule has 34 heavy (non-hydrogen) atoms. The highest BCUT2D eigenvalue weighted by Crippen LogP contribution is 2.32. The molecule has 1 aliphatic rings. The molecular formula is C27H32F3NO3. The number of rotatable bonds is 12. The maximum absolute atomic E-state index is 13.2. The number of anilines is 1. The first-order valence-corrected chi connectivity index (χ1v) is 11.5. The van der Waals surface area contributed by atoms with Gasteiger partial charge >= 0.3 is 12.1 Å². The van der Waals surface area contributed by atoms with E-state index in [-0.39, 0.29) is 5.57 Å². The van der Waals surface area contributed by atoms with Crippen LogP contribution in [0.15, 0.2) is 66.9 Å². The lowest BCUT2D eigenvalue weighted by atomic mass is 10.0. The summed E-state index contributed by atoms with van der Waals surface area (Å²) in [6, 6.07) is 4.97. The summed E-state index contributed by atoms with van der Waals surface area (Å²) >= 11 is 0. The Balaban J connectivity index is 2.26. The summed E-state index contributed by atoms with van der Waals surface area (Å²) in [6.45, 7) is 11.9. The number of benzene rings is 1. The number of carbonyl (C=O) groups excluding carboxylic acids is 2. The number of hydrogen-bond donors (Lipinski definition) is 0.